The van der Waals surface area contributed by atoms with Crippen LogP contribution < -0.4 is 10.6 Å². The third-order valence-electron chi connectivity index (χ3n) is 4.88. The number of hydrogen-bond acceptors (Lipinski definition) is 4. The number of ether oxygens (including phenoxy) is 1. The van der Waals surface area contributed by atoms with Crippen molar-refractivity contribution >= 4 is 5.91 Å². The van der Waals surface area contributed by atoms with Gasteiger partial charge in [0.05, 0.1) is 24.4 Å². The molecular formula is C17H28N4O2. The molecular weight excluding hydrogens is 292 g/mol. The number of nitrogens with zero attached hydrogens (tertiary/aromatic N) is 2. The predicted molar refractivity (Wildman–Crippen MR) is 88.0 cm³/mol. The first-order valence-electron chi connectivity index (χ1n) is 8.78. The van der Waals surface area contributed by atoms with Crippen molar-refractivity contribution in [2.45, 2.75) is 83.3 Å². The number of piperidine rings is 1. The van der Waals surface area contributed by atoms with Crippen LogP contribution in [-0.2, 0) is 16.1 Å². The normalized spacial score (nSPS) is 35.1. The van der Waals surface area contributed by atoms with Gasteiger partial charge in [-0.15, -0.1) is 0 Å². The van der Waals surface area contributed by atoms with Gasteiger partial charge in [0.1, 0.15) is 0 Å². The van der Waals surface area contributed by atoms with E-state index in [4.69, 9.17) is 4.74 Å². The van der Waals surface area contributed by atoms with E-state index in [9.17, 15) is 4.79 Å². The molecule has 0 saturated carbocycles. The molecule has 2 N–H and O–H groups in total. The highest BCUT2D eigenvalue weighted by atomic mass is 16.5. The molecule has 1 aromatic rings. The Morgan fingerprint density at radius 1 is 1.39 bits per heavy atom. The molecule has 6 nitrogen and oxygen atoms in total. The second kappa shape index (κ2) is 7.01. The average molecular weight is 320 g/mol. The molecule has 0 aliphatic carbocycles. The van der Waals surface area contributed by atoms with Crippen LogP contribution in [0.5, 0.6) is 0 Å². The molecule has 0 radical (unpaired) electrons. The maximum absolute atomic E-state index is 11.9. The maximum Gasteiger partial charge on any atom is 0.220 e. The van der Waals surface area contributed by atoms with Crippen molar-refractivity contribution in [2.75, 3.05) is 0 Å². The largest absolute Gasteiger partial charge is 0.375 e. The van der Waals surface area contributed by atoms with Gasteiger partial charge in [-0.05, 0) is 40.0 Å². The Balaban J connectivity index is 1.71. The highest BCUT2D eigenvalue weighted by molar-refractivity contribution is 5.77. The monoisotopic (exact) mass is 320 g/mol. The molecule has 1 amide bonds. The van der Waals surface area contributed by atoms with Gasteiger partial charge in [-0.25, -0.2) is 0 Å². The van der Waals surface area contributed by atoms with Crippen LogP contribution in [0.3, 0.4) is 0 Å². The zero-order chi connectivity index (χ0) is 16.4. The lowest BCUT2D eigenvalue weighted by Crippen LogP contribution is -2.53. The molecule has 2 saturated heterocycles. The van der Waals surface area contributed by atoms with E-state index in [1.807, 2.05) is 17.1 Å². The van der Waals surface area contributed by atoms with Crippen LogP contribution in [0, 0.1) is 0 Å². The van der Waals surface area contributed by atoms with Gasteiger partial charge in [0, 0.05) is 36.8 Å². The van der Waals surface area contributed by atoms with Crippen LogP contribution in [0.4, 0.5) is 0 Å². The van der Waals surface area contributed by atoms with E-state index in [0.717, 1.165) is 31.4 Å². The highest BCUT2D eigenvalue weighted by Crippen LogP contribution is 2.27. The Kier molecular flexibility index (Phi) is 5.02. The first-order chi connectivity index (χ1) is 11.0. The molecule has 2 aliphatic heterocycles. The fourth-order valence-electron chi connectivity index (χ4n) is 3.85. The minimum Gasteiger partial charge on any atom is -0.375 e. The van der Waals surface area contributed by atoms with Crippen LogP contribution in [-0.4, -0.2) is 40.0 Å². The second-order valence-electron chi connectivity index (χ2n) is 6.91. The lowest BCUT2D eigenvalue weighted by Gasteiger charge is -2.39. The minimum absolute atomic E-state index is 0.00464. The lowest BCUT2D eigenvalue weighted by molar-refractivity contribution is -0.124. The molecule has 2 fully saturated rings. The molecule has 3 rings (SSSR count). The number of aromatic nitrogens is 2. The molecule has 0 aromatic carbocycles. The standard InChI is InChI=1S/C17H28N4O2/c1-4-21-10-13(9-18-21)17-15(5-6-16(22)20-17)19-14-7-11(2)23-12(3)8-14/h9-12,14-15,17,19H,4-8H2,1-3H3,(H,20,22)/t11-,12-,15+,17-/m0/s1. The molecule has 4 atom stereocenters. The third kappa shape index (κ3) is 3.93. The van der Waals surface area contributed by atoms with Gasteiger partial charge < -0.3 is 15.4 Å². The summed E-state index contributed by atoms with van der Waals surface area (Å²) in [6.45, 7) is 7.18. The lowest BCUT2D eigenvalue weighted by atomic mass is 9.91. The summed E-state index contributed by atoms with van der Waals surface area (Å²) in [6, 6.07) is 0.701. The van der Waals surface area contributed by atoms with Crippen molar-refractivity contribution in [1.29, 1.82) is 0 Å². The Morgan fingerprint density at radius 2 is 2.13 bits per heavy atom. The number of rotatable bonds is 4. The fraction of sp³-hybridized carbons (Fsp3) is 0.765. The summed E-state index contributed by atoms with van der Waals surface area (Å²) in [6.07, 6.45) is 8.00. The van der Waals surface area contributed by atoms with E-state index in [0.29, 0.717) is 12.5 Å². The van der Waals surface area contributed by atoms with Gasteiger partial charge in [-0.3, -0.25) is 9.48 Å². The van der Waals surface area contributed by atoms with Crippen molar-refractivity contribution in [2.24, 2.45) is 0 Å². The van der Waals surface area contributed by atoms with Crippen LogP contribution in [0.25, 0.3) is 0 Å². The zero-order valence-corrected chi connectivity index (χ0v) is 14.3. The van der Waals surface area contributed by atoms with Gasteiger partial charge >= 0.3 is 0 Å². The van der Waals surface area contributed by atoms with E-state index >= 15 is 0 Å². The number of carbonyl (C=O) groups is 1. The van der Waals surface area contributed by atoms with Gasteiger partial charge in [0.25, 0.3) is 0 Å². The fourth-order valence-corrected chi connectivity index (χ4v) is 3.85. The molecule has 128 valence electrons. The first-order valence-corrected chi connectivity index (χ1v) is 8.78. The summed E-state index contributed by atoms with van der Waals surface area (Å²) in [5, 5.41) is 11.3. The van der Waals surface area contributed by atoms with Crippen LogP contribution >= 0.6 is 0 Å². The maximum atomic E-state index is 11.9. The Morgan fingerprint density at radius 3 is 2.78 bits per heavy atom. The SMILES string of the molecule is CCn1cc([C@@H]2NC(=O)CC[C@H]2NC2C[C@H](C)O[C@@H](C)C2)cn1. The smallest absolute Gasteiger partial charge is 0.220 e. The summed E-state index contributed by atoms with van der Waals surface area (Å²) < 4.78 is 7.74. The van der Waals surface area contributed by atoms with Crippen molar-refractivity contribution < 1.29 is 9.53 Å². The summed E-state index contributed by atoms with van der Waals surface area (Å²) in [5.74, 6) is 0.131. The van der Waals surface area contributed by atoms with E-state index in [1.54, 1.807) is 0 Å². The number of aryl methyl sites for hydroxylation is 1. The summed E-state index contributed by atoms with van der Waals surface area (Å²) >= 11 is 0. The van der Waals surface area contributed by atoms with Gasteiger partial charge in [0.15, 0.2) is 0 Å². The van der Waals surface area contributed by atoms with E-state index in [1.165, 1.54) is 0 Å². The zero-order valence-electron chi connectivity index (χ0n) is 14.3. The van der Waals surface area contributed by atoms with E-state index < -0.39 is 0 Å². The molecule has 1 aromatic heterocycles. The van der Waals surface area contributed by atoms with E-state index in [-0.39, 0.29) is 30.2 Å². The molecule has 0 unspecified atom stereocenters. The van der Waals surface area contributed by atoms with Crippen LogP contribution in [0.15, 0.2) is 12.4 Å². The summed E-state index contributed by atoms with van der Waals surface area (Å²) in [7, 11) is 0. The quantitative estimate of drug-likeness (QED) is 0.887. The molecule has 2 aliphatic rings. The number of nitrogens with one attached hydrogen (secondary N) is 2. The Labute approximate surface area is 138 Å². The number of amides is 1. The Hall–Kier alpha value is -1.40. The molecule has 0 bridgehead atoms. The minimum atomic E-state index is 0.00464. The molecule has 6 heteroatoms. The van der Waals surface area contributed by atoms with Gasteiger partial charge in [-0.2, -0.15) is 5.10 Å². The topological polar surface area (TPSA) is 68.2 Å². The molecule has 0 spiro atoms. The summed E-state index contributed by atoms with van der Waals surface area (Å²) in [5.41, 5.74) is 1.09. The molecule has 3 heterocycles. The number of hydrogen-bond donors (Lipinski definition) is 2. The third-order valence-corrected chi connectivity index (χ3v) is 4.88. The van der Waals surface area contributed by atoms with Crippen LogP contribution in [0.1, 0.15) is 58.1 Å². The second-order valence-corrected chi connectivity index (χ2v) is 6.91. The number of carbonyl (C=O) groups excluding carboxylic acids is 1. The first kappa shape index (κ1) is 16.5. The van der Waals surface area contributed by atoms with Crippen molar-refractivity contribution in [1.82, 2.24) is 20.4 Å². The van der Waals surface area contributed by atoms with Crippen molar-refractivity contribution in [3.8, 4) is 0 Å². The Bertz CT molecular complexity index is 534. The average Bonchev–Trinajstić information content (AvgIpc) is 2.97. The van der Waals surface area contributed by atoms with Crippen molar-refractivity contribution in [3.05, 3.63) is 18.0 Å². The predicted octanol–water partition coefficient (Wildman–Crippen LogP) is 1.77. The molecule has 23 heavy (non-hydrogen) atoms. The van der Waals surface area contributed by atoms with Crippen LogP contribution in [0.2, 0.25) is 0 Å². The van der Waals surface area contributed by atoms with Crippen molar-refractivity contribution in [3.63, 3.8) is 0 Å². The van der Waals surface area contributed by atoms with E-state index in [2.05, 4.69) is 36.5 Å². The van der Waals surface area contributed by atoms with Gasteiger partial charge in [-0.1, -0.05) is 0 Å². The van der Waals surface area contributed by atoms with Gasteiger partial charge in [0.2, 0.25) is 5.91 Å². The highest BCUT2D eigenvalue weighted by Gasteiger charge is 2.34. The summed E-state index contributed by atoms with van der Waals surface area (Å²) in [4.78, 5) is 11.9.